The van der Waals surface area contributed by atoms with Crippen molar-refractivity contribution in [2.45, 2.75) is 6.54 Å². The second kappa shape index (κ2) is 8.35. The monoisotopic (exact) mass is 385 g/mol. The molecule has 1 amide bonds. The lowest BCUT2D eigenvalue weighted by Crippen LogP contribution is -2.24. The van der Waals surface area contributed by atoms with Gasteiger partial charge in [-0.15, -0.1) is 10.2 Å². The first-order valence-electron chi connectivity index (χ1n) is 9.08. The van der Waals surface area contributed by atoms with Crippen LogP contribution in [0.4, 0.5) is 11.5 Å². The molecule has 0 spiro atoms. The Hall–Kier alpha value is -4.00. The summed E-state index contributed by atoms with van der Waals surface area (Å²) in [6, 6.07) is 20.6. The van der Waals surface area contributed by atoms with Gasteiger partial charge in [0.1, 0.15) is 5.75 Å². The number of pyridine rings is 1. The van der Waals surface area contributed by atoms with E-state index in [1.165, 1.54) is 0 Å². The normalized spacial score (nSPS) is 10.5. The number of amides is 1. The van der Waals surface area contributed by atoms with E-state index < -0.39 is 0 Å². The molecule has 4 rings (SSSR count). The number of rotatable bonds is 6. The maximum absolute atomic E-state index is 12.3. The number of para-hydroxylation sites is 1. The molecule has 2 aromatic heterocycles. The van der Waals surface area contributed by atoms with E-state index in [4.69, 9.17) is 4.74 Å². The third-order valence-electron chi connectivity index (χ3n) is 4.40. The van der Waals surface area contributed by atoms with Crippen LogP contribution in [-0.2, 0) is 6.54 Å². The zero-order valence-corrected chi connectivity index (χ0v) is 15.8. The van der Waals surface area contributed by atoms with Crippen molar-refractivity contribution in [3.63, 3.8) is 0 Å². The van der Waals surface area contributed by atoms with Gasteiger partial charge < -0.3 is 15.4 Å². The summed E-state index contributed by atoms with van der Waals surface area (Å²) in [5, 5.41) is 15.2. The van der Waals surface area contributed by atoms with Crippen molar-refractivity contribution in [2.75, 3.05) is 12.4 Å². The highest BCUT2D eigenvalue weighted by Gasteiger charge is 2.09. The zero-order chi connectivity index (χ0) is 20.1. The minimum atomic E-state index is -0.285. The molecule has 0 atom stereocenters. The molecule has 0 unspecified atom stereocenters. The second-order valence-electron chi connectivity index (χ2n) is 6.34. The standard InChI is InChI=1S/C22H19N5O2/c1-29-17-9-7-15(8-10-17)14-24-22(28)19-11-12-20(27-26-19)25-18-6-2-4-16-5-3-13-23-21(16)18/h2-13H,14H2,1H3,(H,24,28)(H,25,27). The number of hydrogen-bond acceptors (Lipinski definition) is 6. The van der Waals surface area contributed by atoms with Crippen LogP contribution in [0.25, 0.3) is 10.9 Å². The van der Waals surface area contributed by atoms with E-state index in [9.17, 15) is 4.79 Å². The Morgan fingerprint density at radius 2 is 1.79 bits per heavy atom. The molecule has 7 nitrogen and oxygen atoms in total. The van der Waals surface area contributed by atoms with Gasteiger partial charge in [-0.25, -0.2) is 0 Å². The molecule has 0 radical (unpaired) electrons. The van der Waals surface area contributed by atoms with Crippen LogP contribution in [0.15, 0.2) is 72.9 Å². The number of aromatic nitrogens is 3. The molecule has 7 heteroatoms. The first-order chi connectivity index (χ1) is 14.2. The summed E-state index contributed by atoms with van der Waals surface area (Å²) < 4.78 is 5.13. The summed E-state index contributed by atoms with van der Waals surface area (Å²) in [5.41, 5.74) is 2.89. The van der Waals surface area contributed by atoms with E-state index in [2.05, 4.69) is 25.8 Å². The molecule has 0 saturated heterocycles. The van der Waals surface area contributed by atoms with Crippen molar-refractivity contribution in [1.82, 2.24) is 20.5 Å². The number of ether oxygens (including phenoxy) is 1. The molecule has 2 aromatic carbocycles. The van der Waals surface area contributed by atoms with Crippen LogP contribution in [0.1, 0.15) is 16.1 Å². The molecule has 2 N–H and O–H groups in total. The van der Waals surface area contributed by atoms with E-state index in [0.29, 0.717) is 12.4 Å². The highest BCUT2D eigenvalue weighted by Crippen LogP contribution is 2.23. The number of nitrogens with zero attached hydrogens (tertiary/aromatic N) is 3. The van der Waals surface area contributed by atoms with Gasteiger partial charge in [-0.2, -0.15) is 0 Å². The second-order valence-corrected chi connectivity index (χ2v) is 6.34. The Balaban J connectivity index is 1.41. The van der Waals surface area contributed by atoms with E-state index >= 15 is 0 Å². The van der Waals surface area contributed by atoms with Crippen LogP contribution in [0.5, 0.6) is 5.75 Å². The van der Waals surface area contributed by atoms with Gasteiger partial charge in [0.25, 0.3) is 5.91 Å². The average molecular weight is 385 g/mol. The van der Waals surface area contributed by atoms with Gasteiger partial charge in [0, 0.05) is 18.1 Å². The Kier molecular flexibility index (Phi) is 5.29. The van der Waals surface area contributed by atoms with Crippen molar-refractivity contribution in [2.24, 2.45) is 0 Å². The van der Waals surface area contributed by atoms with Gasteiger partial charge in [0.05, 0.1) is 18.3 Å². The molecule has 0 aliphatic heterocycles. The average Bonchev–Trinajstić information content (AvgIpc) is 2.78. The third kappa shape index (κ3) is 4.30. The largest absolute Gasteiger partial charge is 0.497 e. The van der Waals surface area contributed by atoms with Gasteiger partial charge in [-0.05, 0) is 42.0 Å². The van der Waals surface area contributed by atoms with Crippen molar-refractivity contribution in [3.05, 3.63) is 84.2 Å². The number of methoxy groups -OCH3 is 1. The highest BCUT2D eigenvalue weighted by atomic mass is 16.5. The van der Waals surface area contributed by atoms with Crippen LogP contribution in [0.2, 0.25) is 0 Å². The summed E-state index contributed by atoms with van der Waals surface area (Å²) in [6.07, 6.45) is 1.75. The first-order valence-corrected chi connectivity index (χ1v) is 9.08. The SMILES string of the molecule is COc1ccc(CNC(=O)c2ccc(Nc3cccc4cccnc34)nn2)cc1. The molecular weight excluding hydrogens is 366 g/mol. The van der Waals surface area contributed by atoms with Crippen molar-refractivity contribution in [1.29, 1.82) is 0 Å². The lowest BCUT2D eigenvalue weighted by molar-refractivity contribution is 0.0945. The number of hydrogen-bond donors (Lipinski definition) is 2. The molecule has 4 aromatic rings. The summed E-state index contributed by atoms with van der Waals surface area (Å²) >= 11 is 0. The fourth-order valence-electron chi connectivity index (χ4n) is 2.88. The predicted molar refractivity (Wildman–Crippen MR) is 111 cm³/mol. The van der Waals surface area contributed by atoms with Crippen molar-refractivity contribution in [3.8, 4) is 5.75 Å². The minimum Gasteiger partial charge on any atom is -0.497 e. The molecule has 29 heavy (non-hydrogen) atoms. The minimum absolute atomic E-state index is 0.250. The van der Waals surface area contributed by atoms with E-state index in [1.807, 2.05) is 54.6 Å². The van der Waals surface area contributed by atoms with Gasteiger partial charge in [-0.1, -0.05) is 30.3 Å². The van der Waals surface area contributed by atoms with Gasteiger partial charge in [-0.3, -0.25) is 9.78 Å². The molecule has 144 valence electrons. The third-order valence-corrected chi connectivity index (χ3v) is 4.40. The van der Waals surface area contributed by atoms with Crippen LogP contribution in [0, 0.1) is 0 Å². The number of carbonyl (C=O) groups is 1. The maximum atomic E-state index is 12.3. The molecule has 0 aliphatic carbocycles. The van der Waals surface area contributed by atoms with Crippen molar-refractivity contribution < 1.29 is 9.53 Å². The fraction of sp³-hybridized carbons (Fsp3) is 0.0909. The Bertz CT molecular complexity index is 1120. The van der Waals surface area contributed by atoms with Crippen molar-refractivity contribution >= 4 is 28.3 Å². The maximum Gasteiger partial charge on any atom is 0.272 e. The topological polar surface area (TPSA) is 89.0 Å². The van der Waals surface area contributed by atoms with E-state index in [-0.39, 0.29) is 11.6 Å². The van der Waals surface area contributed by atoms with Gasteiger partial charge >= 0.3 is 0 Å². The summed E-state index contributed by atoms with van der Waals surface area (Å²) in [7, 11) is 1.62. The summed E-state index contributed by atoms with van der Waals surface area (Å²) in [5.74, 6) is 1.02. The van der Waals surface area contributed by atoms with Gasteiger partial charge in [0.2, 0.25) is 0 Å². The molecule has 0 fully saturated rings. The highest BCUT2D eigenvalue weighted by molar-refractivity contribution is 5.93. The lowest BCUT2D eigenvalue weighted by atomic mass is 10.2. The van der Waals surface area contributed by atoms with Crippen LogP contribution >= 0.6 is 0 Å². The number of fused-ring (bicyclic) bond motifs is 1. The Morgan fingerprint density at radius 3 is 2.55 bits per heavy atom. The predicted octanol–water partition coefficient (Wildman–Crippen LogP) is 3.71. The van der Waals surface area contributed by atoms with E-state index in [0.717, 1.165) is 27.9 Å². The molecule has 0 aliphatic rings. The summed E-state index contributed by atoms with van der Waals surface area (Å²) in [4.78, 5) is 16.7. The Morgan fingerprint density at radius 1 is 0.966 bits per heavy atom. The van der Waals surface area contributed by atoms with Gasteiger partial charge in [0.15, 0.2) is 11.5 Å². The fourth-order valence-corrected chi connectivity index (χ4v) is 2.88. The zero-order valence-electron chi connectivity index (χ0n) is 15.8. The van der Waals surface area contributed by atoms with Crippen LogP contribution in [-0.4, -0.2) is 28.2 Å². The molecule has 0 saturated carbocycles. The smallest absolute Gasteiger partial charge is 0.272 e. The molecule has 0 bridgehead atoms. The van der Waals surface area contributed by atoms with E-state index in [1.54, 1.807) is 25.4 Å². The first kappa shape index (κ1) is 18.4. The number of carbonyl (C=O) groups excluding carboxylic acids is 1. The quantitative estimate of drug-likeness (QED) is 0.526. The van der Waals surface area contributed by atoms with Crippen LogP contribution in [0.3, 0.4) is 0 Å². The molecular formula is C22H19N5O2. The summed E-state index contributed by atoms with van der Waals surface area (Å²) in [6.45, 7) is 0.395. The Labute approximate surface area is 167 Å². The van der Waals surface area contributed by atoms with Crippen LogP contribution < -0.4 is 15.4 Å². The number of benzene rings is 2. The lowest BCUT2D eigenvalue weighted by Gasteiger charge is -2.09. The molecule has 2 heterocycles. The number of nitrogens with one attached hydrogen (secondary N) is 2. The number of anilines is 2.